The van der Waals surface area contributed by atoms with Gasteiger partial charge in [-0.3, -0.25) is 4.79 Å². The van der Waals surface area contributed by atoms with Gasteiger partial charge < -0.3 is 15.2 Å². The van der Waals surface area contributed by atoms with Crippen molar-refractivity contribution in [2.75, 3.05) is 26.2 Å². The first-order valence-electron chi connectivity index (χ1n) is 8.41. The smallest absolute Gasteiger partial charge is 0.224 e. The van der Waals surface area contributed by atoms with Crippen LogP contribution in [0.2, 0.25) is 0 Å². The zero-order chi connectivity index (χ0) is 18.6. The van der Waals surface area contributed by atoms with Gasteiger partial charge in [0.15, 0.2) is 0 Å². The average Bonchev–Trinajstić information content (AvgIpc) is 3.14. The molecule has 1 amide bonds. The van der Waals surface area contributed by atoms with Crippen LogP contribution >= 0.6 is 12.4 Å². The topological polar surface area (TPSA) is 110 Å². The molecule has 2 heterocycles. The van der Waals surface area contributed by atoms with E-state index in [-0.39, 0.29) is 49.6 Å². The zero-order valence-corrected chi connectivity index (χ0v) is 16.4. The van der Waals surface area contributed by atoms with E-state index in [9.17, 15) is 13.2 Å². The Hall–Kier alpha value is -1.94. The number of nitrogens with zero attached hydrogens (tertiary/aromatic N) is 3. The van der Waals surface area contributed by atoms with Gasteiger partial charge in [0.1, 0.15) is 12.0 Å². The van der Waals surface area contributed by atoms with E-state index in [1.165, 1.54) is 16.6 Å². The summed E-state index contributed by atoms with van der Waals surface area (Å²) in [5.41, 5.74) is 7.39. The van der Waals surface area contributed by atoms with Gasteiger partial charge in [0.2, 0.25) is 15.9 Å². The number of nitrogens with two attached hydrogens (primary N) is 1. The van der Waals surface area contributed by atoms with Crippen molar-refractivity contribution in [3.05, 3.63) is 53.9 Å². The number of halogens is 1. The highest BCUT2D eigenvalue weighted by Gasteiger charge is 2.30. The lowest BCUT2D eigenvalue weighted by molar-refractivity contribution is -0.132. The van der Waals surface area contributed by atoms with Crippen LogP contribution in [0.3, 0.4) is 0 Å². The summed E-state index contributed by atoms with van der Waals surface area (Å²) >= 11 is 0. The Morgan fingerprint density at radius 1 is 1.15 bits per heavy atom. The van der Waals surface area contributed by atoms with Crippen LogP contribution in [0.1, 0.15) is 23.7 Å². The molecule has 2 aromatic rings. The molecule has 148 valence electrons. The van der Waals surface area contributed by atoms with Gasteiger partial charge in [-0.05, 0) is 5.56 Å². The molecule has 0 radical (unpaired) electrons. The second kappa shape index (κ2) is 9.32. The summed E-state index contributed by atoms with van der Waals surface area (Å²) in [5.74, 6) is -0.258. The van der Waals surface area contributed by atoms with Crippen LogP contribution in [0, 0.1) is 0 Å². The van der Waals surface area contributed by atoms with Crippen LogP contribution in [0.25, 0.3) is 0 Å². The van der Waals surface area contributed by atoms with E-state index in [1.807, 2.05) is 30.3 Å². The van der Waals surface area contributed by atoms with Crippen LogP contribution in [-0.2, 0) is 20.6 Å². The van der Waals surface area contributed by atoms with E-state index in [2.05, 4.69) is 9.68 Å². The lowest BCUT2D eigenvalue weighted by atomic mass is 10.0. The minimum atomic E-state index is -3.47. The Morgan fingerprint density at radius 2 is 1.81 bits per heavy atom. The maximum Gasteiger partial charge on any atom is 0.224 e. The van der Waals surface area contributed by atoms with E-state index in [0.29, 0.717) is 18.8 Å². The lowest BCUT2D eigenvalue weighted by Crippen LogP contribution is -2.51. The molecule has 8 nitrogen and oxygen atoms in total. The van der Waals surface area contributed by atoms with Crippen molar-refractivity contribution in [1.82, 2.24) is 14.4 Å². The van der Waals surface area contributed by atoms with Crippen molar-refractivity contribution in [2.24, 2.45) is 5.73 Å². The number of carbonyl (C=O) groups excluding carboxylic acids is 1. The molecule has 1 aromatic carbocycles. The highest BCUT2D eigenvalue weighted by atomic mass is 35.5. The molecular formula is C17H23ClN4O4S. The SMILES string of the molecule is Cl.NC(CC(=O)N1CCN(S(=O)(=O)Cc2ccon2)CC1)c1ccccc1. The summed E-state index contributed by atoms with van der Waals surface area (Å²) in [5, 5.41) is 3.64. The molecule has 0 saturated carbocycles. The molecule has 0 spiro atoms. The van der Waals surface area contributed by atoms with E-state index in [4.69, 9.17) is 5.73 Å². The highest BCUT2D eigenvalue weighted by molar-refractivity contribution is 7.88. The largest absolute Gasteiger partial charge is 0.364 e. The van der Waals surface area contributed by atoms with E-state index in [0.717, 1.165) is 5.56 Å². The minimum absolute atomic E-state index is 0. The third kappa shape index (κ3) is 5.52. The first-order chi connectivity index (χ1) is 12.5. The van der Waals surface area contributed by atoms with Gasteiger partial charge in [0.05, 0.1) is 5.69 Å². The molecule has 27 heavy (non-hydrogen) atoms. The summed E-state index contributed by atoms with van der Waals surface area (Å²) in [6.45, 7) is 1.26. The van der Waals surface area contributed by atoms with Crippen molar-refractivity contribution in [2.45, 2.75) is 18.2 Å². The third-order valence-corrected chi connectivity index (χ3v) is 6.24. The molecule has 0 aliphatic carbocycles. The maximum atomic E-state index is 12.5. The van der Waals surface area contributed by atoms with Crippen LogP contribution in [0.5, 0.6) is 0 Å². The number of benzene rings is 1. The fraction of sp³-hybridized carbons (Fsp3) is 0.412. The molecular weight excluding hydrogens is 392 g/mol. The molecule has 1 aliphatic rings. The van der Waals surface area contributed by atoms with Gasteiger partial charge >= 0.3 is 0 Å². The summed E-state index contributed by atoms with van der Waals surface area (Å²) in [7, 11) is -3.47. The molecule has 1 aliphatic heterocycles. The molecule has 1 unspecified atom stereocenters. The number of piperazine rings is 1. The van der Waals surface area contributed by atoms with Gasteiger partial charge in [-0.2, -0.15) is 4.31 Å². The Kier molecular flexibility index (Phi) is 7.37. The van der Waals surface area contributed by atoms with E-state index >= 15 is 0 Å². The van der Waals surface area contributed by atoms with Crippen molar-refractivity contribution >= 4 is 28.3 Å². The van der Waals surface area contributed by atoms with Crippen molar-refractivity contribution < 1.29 is 17.7 Å². The fourth-order valence-corrected chi connectivity index (χ4v) is 4.37. The first kappa shape index (κ1) is 21.4. The van der Waals surface area contributed by atoms with Gasteiger partial charge in [0.25, 0.3) is 0 Å². The molecule has 1 atom stereocenters. The highest BCUT2D eigenvalue weighted by Crippen LogP contribution is 2.17. The number of amides is 1. The summed E-state index contributed by atoms with van der Waals surface area (Å²) in [6, 6.07) is 10.6. The second-order valence-corrected chi connectivity index (χ2v) is 8.22. The number of hydrogen-bond donors (Lipinski definition) is 1. The van der Waals surface area contributed by atoms with Gasteiger partial charge in [-0.25, -0.2) is 8.42 Å². The van der Waals surface area contributed by atoms with E-state index < -0.39 is 10.0 Å². The second-order valence-electron chi connectivity index (χ2n) is 6.25. The molecule has 3 rings (SSSR count). The molecule has 1 aromatic heterocycles. The molecule has 1 fully saturated rings. The summed E-state index contributed by atoms with van der Waals surface area (Å²) in [4.78, 5) is 14.1. The van der Waals surface area contributed by atoms with Gasteiger partial charge in [0, 0.05) is 44.7 Å². The lowest BCUT2D eigenvalue weighted by Gasteiger charge is -2.34. The zero-order valence-electron chi connectivity index (χ0n) is 14.7. The van der Waals surface area contributed by atoms with Crippen LogP contribution in [0.15, 0.2) is 47.2 Å². The Balaban J connectivity index is 0.00000261. The number of rotatable bonds is 6. The minimum Gasteiger partial charge on any atom is -0.364 e. The Bertz CT molecular complexity index is 822. The van der Waals surface area contributed by atoms with Crippen molar-refractivity contribution in [3.8, 4) is 0 Å². The predicted octanol–water partition coefficient (Wildman–Crippen LogP) is 1.16. The van der Waals surface area contributed by atoms with Crippen molar-refractivity contribution in [1.29, 1.82) is 0 Å². The third-order valence-electron chi connectivity index (χ3n) is 4.43. The average molecular weight is 415 g/mol. The summed E-state index contributed by atoms with van der Waals surface area (Å²) < 4.78 is 30.9. The standard InChI is InChI=1S/C17H22N4O4S.ClH/c18-16(14-4-2-1-3-5-14)12-17(22)20-7-9-21(10-8-20)26(23,24)13-15-6-11-25-19-15;/h1-6,11,16H,7-10,12-13,18H2;1H. The summed E-state index contributed by atoms with van der Waals surface area (Å²) in [6.07, 6.45) is 1.55. The number of carbonyl (C=O) groups is 1. The van der Waals surface area contributed by atoms with Gasteiger partial charge in [-0.1, -0.05) is 35.5 Å². The monoisotopic (exact) mass is 414 g/mol. The number of hydrogen-bond acceptors (Lipinski definition) is 6. The Labute approximate surface area is 164 Å². The van der Waals surface area contributed by atoms with Crippen LogP contribution in [0.4, 0.5) is 0 Å². The Morgan fingerprint density at radius 3 is 2.41 bits per heavy atom. The predicted molar refractivity (Wildman–Crippen MR) is 103 cm³/mol. The maximum absolute atomic E-state index is 12.5. The fourth-order valence-electron chi connectivity index (χ4n) is 2.94. The molecule has 2 N–H and O–H groups in total. The molecule has 10 heteroatoms. The molecule has 1 saturated heterocycles. The first-order valence-corrected chi connectivity index (χ1v) is 10.0. The van der Waals surface area contributed by atoms with Crippen molar-refractivity contribution in [3.63, 3.8) is 0 Å². The number of sulfonamides is 1. The van der Waals surface area contributed by atoms with Crippen LogP contribution in [-0.4, -0.2) is 54.9 Å². The normalized spacial score (nSPS) is 16.6. The van der Waals surface area contributed by atoms with Crippen LogP contribution < -0.4 is 5.73 Å². The number of aromatic nitrogens is 1. The van der Waals surface area contributed by atoms with Gasteiger partial charge in [-0.15, -0.1) is 12.4 Å². The van der Waals surface area contributed by atoms with E-state index in [1.54, 1.807) is 4.90 Å². The quantitative estimate of drug-likeness (QED) is 0.759. The molecule has 0 bridgehead atoms.